The third-order valence-electron chi connectivity index (χ3n) is 2.62. The highest BCUT2D eigenvalue weighted by molar-refractivity contribution is 14.0. The van der Waals surface area contributed by atoms with E-state index in [9.17, 15) is 0 Å². The number of methoxy groups -OCH3 is 1. The zero-order valence-corrected chi connectivity index (χ0v) is 16.2. The van der Waals surface area contributed by atoms with Crippen LogP contribution in [0.1, 0.15) is 12.5 Å². The molecule has 7 heteroatoms. The Morgan fingerprint density at radius 3 is 2.73 bits per heavy atom. The molecule has 0 bridgehead atoms. The van der Waals surface area contributed by atoms with Crippen LogP contribution in [-0.4, -0.2) is 46.0 Å². The van der Waals surface area contributed by atoms with E-state index < -0.39 is 0 Å². The Labute approximate surface area is 154 Å². The van der Waals surface area contributed by atoms with Crippen molar-refractivity contribution >= 4 is 41.5 Å². The largest absolute Gasteiger partial charge is 0.382 e. The Morgan fingerprint density at radius 2 is 2.05 bits per heavy atom. The molecule has 0 heterocycles. The lowest BCUT2D eigenvalue weighted by molar-refractivity contribution is 0.0733. The van der Waals surface area contributed by atoms with Crippen LogP contribution in [0.25, 0.3) is 0 Å². The summed E-state index contributed by atoms with van der Waals surface area (Å²) < 4.78 is 10.3. The fourth-order valence-corrected chi connectivity index (χ4v) is 1.85. The van der Waals surface area contributed by atoms with Crippen molar-refractivity contribution in [2.24, 2.45) is 4.99 Å². The lowest BCUT2D eigenvalue weighted by Gasteiger charge is -2.11. The van der Waals surface area contributed by atoms with E-state index in [4.69, 9.17) is 21.1 Å². The van der Waals surface area contributed by atoms with Crippen LogP contribution in [0.2, 0.25) is 5.02 Å². The number of nitrogens with one attached hydrogen (secondary N) is 2. The maximum Gasteiger partial charge on any atom is 0.191 e. The molecule has 0 radical (unpaired) electrons. The molecule has 1 aromatic rings. The van der Waals surface area contributed by atoms with Crippen molar-refractivity contribution in [3.8, 4) is 0 Å². The van der Waals surface area contributed by atoms with Crippen molar-refractivity contribution < 1.29 is 9.47 Å². The fourth-order valence-electron chi connectivity index (χ4n) is 1.63. The van der Waals surface area contributed by atoms with E-state index >= 15 is 0 Å². The smallest absolute Gasteiger partial charge is 0.191 e. The first-order chi connectivity index (χ1) is 10.3. The Morgan fingerprint density at radius 1 is 1.23 bits per heavy atom. The number of hydrogen-bond acceptors (Lipinski definition) is 3. The van der Waals surface area contributed by atoms with Crippen molar-refractivity contribution in [1.29, 1.82) is 0 Å². The Kier molecular flexibility index (Phi) is 13.7. The van der Waals surface area contributed by atoms with Gasteiger partial charge < -0.3 is 20.1 Å². The minimum atomic E-state index is 0. The second-order valence-electron chi connectivity index (χ2n) is 4.36. The number of rotatable bonds is 9. The molecule has 0 saturated carbocycles. The van der Waals surface area contributed by atoms with Gasteiger partial charge in [-0.05, 0) is 24.6 Å². The molecular formula is C15H25ClIN3O2. The molecule has 0 aliphatic heterocycles. The van der Waals surface area contributed by atoms with Crippen LogP contribution >= 0.6 is 35.6 Å². The highest BCUT2D eigenvalue weighted by Gasteiger charge is 1.98. The van der Waals surface area contributed by atoms with Gasteiger partial charge in [-0.2, -0.15) is 0 Å². The van der Waals surface area contributed by atoms with E-state index in [1.165, 1.54) is 0 Å². The standard InChI is InChI=1S/C15H24ClN3O2.HI/c1-3-17-15(18-7-8-21-10-9-20-2)19-12-13-5-4-6-14(16)11-13;/h4-6,11H,3,7-10,12H2,1-2H3,(H2,17,18,19);1H. The van der Waals surface area contributed by atoms with Crippen LogP contribution < -0.4 is 10.6 Å². The summed E-state index contributed by atoms with van der Waals surface area (Å²) in [5.74, 6) is 0.771. The molecular weight excluding hydrogens is 417 g/mol. The highest BCUT2D eigenvalue weighted by atomic mass is 127. The third kappa shape index (κ3) is 10.2. The van der Waals surface area contributed by atoms with Gasteiger partial charge >= 0.3 is 0 Å². The summed E-state index contributed by atoms with van der Waals surface area (Å²) in [4.78, 5) is 4.51. The molecule has 0 aliphatic rings. The van der Waals surface area contributed by atoms with Crippen LogP contribution in [0.15, 0.2) is 29.3 Å². The summed E-state index contributed by atoms with van der Waals surface area (Å²) in [7, 11) is 1.66. The zero-order valence-electron chi connectivity index (χ0n) is 13.1. The summed E-state index contributed by atoms with van der Waals surface area (Å²) in [6, 6.07) is 7.71. The number of benzene rings is 1. The molecule has 1 rings (SSSR count). The topological polar surface area (TPSA) is 54.9 Å². The number of ether oxygens (including phenoxy) is 2. The quantitative estimate of drug-likeness (QED) is 0.268. The first-order valence-electron chi connectivity index (χ1n) is 7.09. The van der Waals surface area contributed by atoms with Gasteiger partial charge in [0.05, 0.1) is 26.4 Å². The van der Waals surface area contributed by atoms with Crippen LogP contribution in [0, 0.1) is 0 Å². The first kappa shape index (κ1) is 21.4. The summed E-state index contributed by atoms with van der Waals surface area (Å²) in [5, 5.41) is 7.15. The monoisotopic (exact) mass is 441 g/mol. The van der Waals surface area contributed by atoms with Gasteiger partial charge in [0.15, 0.2) is 5.96 Å². The van der Waals surface area contributed by atoms with Gasteiger partial charge in [0.25, 0.3) is 0 Å². The lowest BCUT2D eigenvalue weighted by atomic mass is 10.2. The lowest BCUT2D eigenvalue weighted by Crippen LogP contribution is -2.39. The van der Waals surface area contributed by atoms with Gasteiger partial charge in [0, 0.05) is 25.2 Å². The molecule has 0 aromatic heterocycles. The average molecular weight is 442 g/mol. The molecule has 0 atom stereocenters. The van der Waals surface area contributed by atoms with Gasteiger partial charge in [-0.3, -0.25) is 0 Å². The predicted octanol–water partition coefficient (Wildman–Crippen LogP) is 2.68. The van der Waals surface area contributed by atoms with E-state index in [1.807, 2.05) is 31.2 Å². The third-order valence-corrected chi connectivity index (χ3v) is 2.86. The van der Waals surface area contributed by atoms with Crippen molar-refractivity contribution in [3.05, 3.63) is 34.9 Å². The van der Waals surface area contributed by atoms with Crippen LogP contribution in [0.4, 0.5) is 0 Å². The minimum Gasteiger partial charge on any atom is -0.382 e. The molecule has 5 nitrogen and oxygen atoms in total. The molecule has 22 heavy (non-hydrogen) atoms. The van der Waals surface area contributed by atoms with E-state index in [-0.39, 0.29) is 24.0 Å². The van der Waals surface area contributed by atoms with Crippen LogP contribution in [0.3, 0.4) is 0 Å². The number of hydrogen-bond donors (Lipinski definition) is 2. The number of nitrogens with zero attached hydrogens (tertiary/aromatic N) is 1. The molecule has 1 aromatic carbocycles. The highest BCUT2D eigenvalue weighted by Crippen LogP contribution is 2.11. The van der Waals surface area contributed by atoms with Crippen LogP contribution in [-0.2, 0) is 16.0 Å². The van der Waals surface area contributed by atoms with Crippen molar-refractivity contribution in [3.63, 3.8) is 0 Å². The molecule has 0 amide bonds. The molecule has 0 aliphatic carbocycles. The van der Waals surface area contributed by atoms with Crippen molar-refractivity contribution in [1.82, 2.24) is 10.6 Å². The number of guanidine groups is 1. The summed E-state index contributed by atoms with van der Waals surface area (Å²) in [6.45, 7) is 5.96. The van der Waals surface area contributed by atoms with Gasteiger partial charge in [0.1, 0.15) is 0 Å². The van der Waals surface area contributed by atoms with Crippen LogP contribution in [0.5, 0.6) is 0 Å². The van der Waals surface area contributed by atoms with Gasteiger partial charge in [-0.1, -0.05) is 23.7 Å². The van der Waals surface area contributed by atoms with E-state index in [2.05, 4.69) is 15.6 Å². The van der Waals surface area contributed by atoms with E-state index in [0.29, 0.717) is 32.9 Å². The van der Waals surface area contributed by atoms with E-state index in [1.54, 1.807) is 7.11 Å². The number of halogens is 2. The Bertz CT molecular complexity index is 433. The zero-order chi connectivity index (χ0) is 15.3. The molecule has 0 fully saturated rings. The predicted molar refractivity (Wildman–Crippen MR) is 102 cm³/mol. The molecule has 2 N–H and O–H groups in total. The van der Waals surface area contributed by atoms with Crippen molar-refractivity contribution in [2.45, 2.75) is 13.5 Å². The molecule has 126 valence electrons. The molecule has 0 spiro atoms. The van der Waals surface area contributed by atoms with Gasteiger partial charge in [-0.25, -0.2) is 4.99 Å². The minimum absolute atomic E-state index is 0. The fraction of sp³-hybridized carbons (Fsp3) is 0.533. The van der Waals surface area contributed by atoms with E-state index in [0.717, 1.165) is 23.1 Å². The van der Waals surface area contributed by atoms with Gasteiger partial charge in [-0.15, -0.1) is 24.0 Å². The Hall–Kier alpha value is -0.570. The average Bonchev–Trinajstić information content (AvgIpc) is 2.48. The molecule has 0 unspecified atom stereocenters. The maximum atomic E-state index is 5.96. The SMILES string of the molecule is CCNC(=NCc1cccc(Cl)c1)NCCOCCOC.I. The van der Waals surface area contributed by atoms with Crippen molar-refractivity contribution in [2.75, 3.05) is 40.0 Å². The Balaban J connectivity index is 0.00000441. The summed E-state index contributed by atoms with van der Waals surface area (Å²) >= 11 is 5.96. The second-order valence-corrected chi connectivity index (χ2v) is 4.79. The normalized spacial score (nSPS) is 11.0. The molecule has 0 saturated heterocycles. The van der Waals surface area contributed by atoms with Gasteiger partial charge in [0.2, 0.25) is 0 Å². The second kappa shape index (κ2) is 14.0. The number of aliphatic imine (C=N–C) groups is 1. The maximum absolute atomic E-state index is 5.96. The summed E-state index contributed by atoms with van der Waals surface area (Å²) in [6.07, 6.45) is 0. The summed E-state index contributed by atoms with van der Waals surface area (Å²) in [5.41, 5.74) is 1.08. The first-order valence-corrected chi connectivity index (χ1v) is 7.47.